The van der Waals surface area contributed by atoms with E-state index in [9.17, 15) is 17.6 Å². The maximum Gasteiger partial charge on any atom is 0.416 e. The second-order valence-corrected chi connectivity index (χ2v) is 4.51. The van der Waals surface area contributed by atoms with Crippen LogP contribution in [0.25, 0.3) is 11.4 Å². The number of hydrogen-bond acceptors (Lipinski definition) is 3. The Labute approximate surface area is 113 Å². The summed E-state index contributed by atoms with van der Waals surface area (Å²) in [4.78, 5) is 7.59. The Morgan fingerprint density at radius 3 is 2.42 bits per heavy atom. The van der Waals surface area contributed by atoms with Gasteiger partial charge in [-0.2, -0.15) is 13.2 Å². The van der Waals surface area contributed by atoms with E-state index in [-0.39, 0.29) is 17.2 Å². The molecule has 0 spiro atoms. The normalized spacial score (nSPS) is 11.6. The molecule has 19 heavy (non-hydrogen) atoms. The van der Waals surface area contributed by atoms with Crippen LogP contribution in [0.4, 0.5) is 23.4 Å². The first-order valence-electron chi connectivity index (χ1n) is 4.93. The van der Waals surface area contributed by atoms with Crippen LogP contribution in [0.2, 0.25) is 0 Å². The van der Waals surface area contributed by atoms with Crippen molar-refractivity contribution in [2.24, 2.45) is 0 Å². The molecule has 0 amide bonds. The molecule has 3 nitrogen and oxygen atoms in total. The van der Waals surface area contributed by atoms with Gasteiger partial charge in [-0.1, -0.05) is 0 Å². The van der Waals surface area contributed by atoms with E-state index in [2.05, 4.69) is 25.9 Å². The molecule has 0 saturated carbocycles. The van der Waals surface area contributed by atoms with E-state index < -0.39 is 17.6 Å². The monoisotopic (exact) mass is 335 g/mol. The van der Waals surface area contributed by atoms with Crippen LogP contribution in [0.15, 0.2) is 28.9 Å². The topological polar surface area (TPSA) is 51.8 Å². The number of nitrogen functional groups attached to an aromatic ring is 1. The van der Waals surface area contributed by atoms with Gasteiger partial charge in [-0.25, -0.2) is 14.4 Å². The summed E-state index contributed by atoms with van der Waals surface area (Å²) in [6.45, 7) is 0. The zero-order valence-electron chi connectivity index (χ0n) is 9.17. The predicted octanol–water partition coefficient (Wildman–Crippen LogP) is 3.65. The second kappa shape index (κ2) is 4.76. The summed E-state index contributed by atoms with van der Waals surface area (Å²) >= 11 is 3.06. The van der Waals surface area contributed by atoms with Crippen molar-refractivity contribution in [1.29, 1.82) is 0 Å². The molecule has 1 aromatic carbocycles. The summed E-state index contributed by atoms with van der Waals surface area (Å²) in [5.74, 6) is -1.04. The molecule has 1 aromatic heterocycles. The highest BCUT2D eigenvalue weighted by atomic mass is 79.9. The van der Waals surface area contributed by atoms with Crippen molar-refractivity contribution in [3.05, 3.63) is 40.2 Å². The minimum atomic E-state index is -4.64. The fourth-order valence-corrected chi connectivity index (χ4v) is 1.59. The number of nitrogens with two attached hydrogens (primary N) is 1. The number of nitrogens with zero attached hydrogens (tertiary/aromatic N) is 2. The molecular formula is C11H6BrF4N3. The van der Waals surface area contributed by atoms with E-state index >= 15 is 0 Å². The number of benzene rings is 1. The Morgan fingerprint density at radius 1 is 1.16 bits per heavy atom. The number of alkyl halides is 3. The quantitative estimate of drug-likeness (QED) is 0.809. The highest BCUT2D eigenvalue weighted by Crippen LogP contribution is 2.32. The van der Waals surface area contributed by atoms with Gasteiger partial charge in [0, 0.05) is 11.8 Å². The molecule has 2 N–H and O–H groups in total. The first kappa shape index (κ1) is 13.7. The van der Waals surface area contributed by atoms with E-state index in [1.807, 2.05) is 0 Å². The molecule has 0 radical (unpaired) electrons. The third-order valence-electron chi connectivity index (χ3n) is 2.25. The van der Waals surface area contributed by atoms with Gasteiger partial charge in [-0.05, 0) is 34.1 Å². The van der Waals surface area contributed by atoms with Crippen molar-refractivity contribution in [1.82, 2.24) is 9.97 Å². The van der Waals surface area contributed by atoms with Crippen LogP contribution in [0.3, 0.4) is 0 Å². The minimum Gasteiger partial charge on any atom is -0.383 e. The van der Waals surface area contributed by atoms with Gasteiger partial charge in [-0.3, -0.25) is 0 Å². The van der Waals surface area contributed by atoms with Crippen LogP contribution in [-0.2, 0) is 6.18 Å². The third kappa shape index (κ3) is 3.01. The third-order valence-corrected chi connectivity index (χ3v) is 2.87. The largest absolute Gasteiger partial charge is 0.416 e. The Morgan fingerprint density at radius 2 is 1.84 bits per heavy atom. The lowest BCUT2D eigenvalue weighted by Crippen LogP contribution is -2.06. The standard InChI is InChI=1S/C11H6BrF4N3/c12-8-4-18-10(19-9(8)17)5-1-6(11(14,15)16)3-7(13)2-5/h1-4H,(H2,17,18,19). The van der Waals surface area contributed by atoms with Crippen LogP contribution in [0, 0.1) is 5.82 Å². The molecule has 0 aliphatic rings. The van der Waals surface area contributed by atoms with Crippen LogP contribution in [0.5, 0.6) is 0 Å². The number of anilines is 1. The average molecular weight is 336 g/mol. The summed E-state index contributed by atoms with van der Waals surface area (Å²) in [7, 11) is 0. The predicted molar refractivity (Wildman–Crippen MR) is 64.5 cm³/mol. The fraction of sp³-hybridized carbons (Fsp3) is 0.0909. The van der Waals surface area contributed by atoms with Gasteiger partial charge in [0.15, 0.2) is 5.82 Å². The molecule has 0 atom stereocenters. The molecule has 0 bridgehead atoms. The average Bonchev–Trinajstić information content (AvgIpc) is 2.31. The van der Waals surface area contributed by atoms with Gasteiger partial charge < -0.3 is 5.73 Å². The van der Waals surface area contributed by atoms with Crippen LogP contribution < -0.4 is 5.73 Å². The van der Waals surface area contributed by atoms with Gasteiger partial charge in [-0.15, -0.1) is 0 Å². The highest BCUT2D eigenvalue weighted by molar-refractivity contribution is 9.10. The fourth-order valence-electron chi connectivity index (χ4n) is 1.40. The lowest BCUT2D eigenvalue weighted by Gasteiger charge is -2.09. The van der Waals surface area contributed by atoms with Crippen molar-refractivity contribution in [3.8, 4) is 11.4 Å². The molecule has 100 valence electrons. The first-order chi connectivity index (χ1) is 8.77. The molecule has 8 heteroatoms. The molecule has 2 aromatic rings. The van der Waals surface area contributed by atoms with Crippen LogP contribution >= 0.6 is 15.9 Å². The second-order valence-electron chi connectivity index (χ2n) is 3.65. The zero-order chi connectivity index (χ0) is 14.2. The van der Waals surface area contributed by atoms with E-state index in [0.29, 0.717) is 10.5 Å². The smallest absolute Gasteiger partial charge is 0.383 e. The van der Waals surface area contributed by atoms with Gasteiger partial charge in [0.2, 0.25) is 0 Å². The molecule has 0 aliphatic carbocycles. The zero-order valence-corrected chi connectivity index (χ0v) is 10.8. The van der Waals surface area contributed by atoms with E-state index in [4.69, 9.17) is 5.73 Å². The molecule has 0 aliphatic heterocycles. The number of rotatable bonds is 1. The molecule has 0 unspecified atom stereocenters. The van der Waals surface area contributed by atoms with Crippen LogP contribution in [0.1, 0.15) is 5.56 Å². The Balaban J connectivity index is 2.56. The maximum atomic E-state index is 13.2. The van der Waals surface area contributed by atoms with E-state index in [1.54, 1.807) is 0 Å². The van der Waals surface area contributed by atoms with Gasteiger partial charge in [0.05, 0.1) is 10.0 Å². The summed E-state index contributed by atoms with van der Waals surface area (Å²) in [6, 6.07) is 2.09. The Hall–Kier alpha value is -1.70. The van der Waals surface area contributed by atoms with Crippen LogP contribution in [-0.4, -0.2) is 9.97 Å². The van der Waals surface area contributed by atoms with Crippen molar-refractivity contribution in [3.63, 3.8) is 0 Å². The Bertz CT molecular complexity index is 628. The minimum absolute atomic E-state index is 0.0582. The molecule has 2 rings (SSSR count). The highest BCUT2D eigenvalue weighted by Gasteiger charge is 2.31. The SMILES string of the molecule is Nc1nc(-c2cc(F)cc(C(F)(F)F)c2)ncc1Br. The van der Waals surface area contributed by atoms with Crippen molar-refractivity contribution >= 4 is 21.7 Å². The van der Waals surface area contributed by atoms with E-state index in [1.165, 1.54) is 6.20 Å². The number of halogens is 5. The lowest BCUT2D eigenvalue weighted by atomic mass is 10.1. The lowest BCUT2D eigenvalue weighted by molar-refractivity contribution is -0.137. The van der Waals surface area contributed by atoms with Gasteiger partial charge >= 0.3 is 6.18 Å². The summed E-state index contributed by atoms with van der Waals surface area (Å²) < 4.78 is 51.3. The van der Waals surface area contributed by atoms with Gasteiger partial charge in [0.1, 0.15) is 11.6 Å². The summed E-state index contributed by atoms with van der Waals surface area (Å²) in [5, 5.41) is 0. The van der Waals surface area contributed by atoms with E-state index in [0.717, 1.165) is 12.1 Å². The molecule has 0 fully saturated rings. The molecule has 1 heterocycles. The number of aromatic nitrogens is 2. The molecular weight excluding hydrogens is 330 g/mol. The maximum absolute atomic E-state index is 13.2. The molecule has 0 saturated heterocycles. The van der Waals surface area contributed by atoms with Crippen molar-refractivity contribution in [2.75, 3.05) is 5.73 Å². The number of hydrogen-bond donors (Lipinski definition) is 1. The van der Waals surface area contributed by atoms with Crippen molar-refractivity contribution < 1.29 is 17.6 Å². The summed E-state index contributed by atoms with van der Waals surface area (Å²) in [6.07, 6.45) is -3.35. The van der Waals surface area contributed by atoms with Gasteiger partial charge in [0.25, 0.3) is 0 Å². The first-order valence-corrected chi connectivity index (χ1v) is 5.73. The Kier molecular flexibility index (Phi) is 3.44. The van der Waals surface area contributed by atoms with Crippen molar-refractivity contribution in [2.45, 2.75) is 6.18 Å². The summed E-state index contributed by atoms with van der Waals surface area (Å²) in [5.41, 5.74) is 4.31.